The van der Waals surface area contributed by atoms with Crippen LogP contribution < -0.4 is 0 Å². The molecule has 1 N–H and O–H groups in total. The summed E-state index contributed by atoms with van der Waals surface area (Å²) in [6, 6.07) is 0. The molecular weight excluding hydrogens is 212 g/mol. The van der Waals surface area contributed by atoms with E-state index >= 15 is 0 Å². The molecule has 1 aliphatic heterocycles. The Morgan fingerprint density at radius 3 is 2.81 bits per heavy atom. The molecule has 1 rings (SSSR count). The fourth-order valence-corrected chi connectivity index (χ4v) is 1.48. The molecule has 0 aromatic rings. The van der Waals surface area contributed by atoms with E-state index in [1.807, 2.05) is 0 Å². The molecule has 0 aromatic heterocycles. The second-order valence-electron chi connectivity index (χ2n) is 3.72. The number of aliphatic hydroxyl groups is 1. The van der Waals surface area contributed by atoms with E-state index in [0.717, 1.165) is 12.8 Å². The minimum atomic E-state index is -0.0516. The van der Waals surface area contributed by atoms with Gasteiger partial charge >= 0.3 is 0 Å². The van der Waals surface area contributed by atoms with E-state index in [1.165, 1.54) is 0 Å². The maximum Gasteiger partial charge on any atom is 0.158 e. The van der Waals surface area contributed by atoms with Crippen LogP contribution in [0.15, 0.2) is 0 Å². The van der Waals surface area contributed by atoms with E-state index in [1.54, 1.807) is 0 Å². The molecule has 1 fully saturated rings. The highest BCUT2D eigenvalue weighted by Crippen LogP contribution is 2.15. The molecule has 0 aromatic carbocycles. The van der Waals surface area contributed by atoms with Crippen LogP contribution in [-0.2, 0) is 18.9 Å². The Kier molecular flexibility index (Phi) is 7.71. The van der Waals surface area contributed by atoms with Crippen molar-refractivity contribution in [3.8, 4) is 0 Å². The molecule has 1 aliphatic rings. The Morgan fingerprint density at radius 1 is 1.25 bits per heavy atom. The van der Waals surface area contributed by atoms with Crippen LogP contribution in [0.5, 0.6) is 0 Å². The first kappa shape index (κ1) is 13.9. The van der Waals surface area contributed by atoms with E-state index in [9.17, 15) is 0 Å². The summed E-state index contributed by atoms with van der Waals surface area (Å²) in [7, 11) is 0. The van der Waals surface area contributed by atoms with Crippen molar-refractivity contribution in [1.29, 1.82) is 0 Å². The van der Waals surface area contributed by atoms with Crippen molar-refractivity contribution < 1.29 is 24.1 Å². The van der Waals surface area contributed by atoms with Crippen LogP contribution in [0.25, 0.3) is 0 Å². The summed E-state index contributed by atoms with van der Waals surface area (Å²) in [5.74, 6) is 0. The van der Waals surface area contributed by atoms with Crippen molar-refractivity contribution in [3.05, 3.63) is 0 Å². The van der Waals surface area contributed by atoms with Gasteiger partial charge in [0.15, 0.2) is 6.29 Å². The highest BCUT2D eigenvalue weighted by atomic mass is 16.7. The largest absolute Gasteiger partial charge is 0.394 e. The van der Waals surface area contributed by atoms with Crippen LogP contribution in [0.1, 0.15) is 19.8 Å². The van der Waals surface area contributed by atoms with Crippen molar-refractivity contribution in [2.75, 3.05) is 39.6 Å². The number of ether oxygens (including phenoxy) is 4. The first-order valence-electron chi connectivity index (χ1n) is 5.90. The summed E-state index contributed by atoms with van der Waals surface area (Å²) in [6.45, 7) is 4.72. The first-order chi connectivity index (χ1) is 7.86. The van der Waals surface area contributed by atoms with Crippen molar-refractivity contribution in [2.24, 2.45) is 0 Å². The molecule has 2 atom stereocenters. The maximum absolute atomic E-state index is 8.47. The fourth-order valence-electron chi connectivity index (χ4n) is 1.48. The lowest BCUT2D eigenvalue weighted by Crippen LogP contribution is -2.20. The van der Waals surface area contributed by atoms with Gasteiger partial charge in [-0.25, -0.2) is 0 Å². The lowest BCUT2D eigenvalue weighted by atomic mass is 10.3. The van der Waals surface area contributed by atoms with Crippen LogP contribution in [0.3, 0.4) is 0 Å². The summed E-state index contributed by atoms with van der Waals surface area (Å²) in [4.78, 5) is 0. The quantitative estimate of drug-likeness (QED) is 0.591. The highest BCUT2D eigenvalue weighted by molar-refractivity contribution is 4.64. The van der Waals surface area contributed by atoms with Gasteiger partial charge in [0.05, 0.1) is 39.6 Å². The Labute approximate surface area is 96.6 Å². The smallest absolute Gasteiger partial charge is 0.158 e. The normalized spacial score (nSPS) is 25.1. The monoisotopic (exact) mass is 234 g/mol. The van der Waals surface area contributed by atoms with Gasteiger partial charge in [-0.3, -0.25) is 0 Å². The fraction of sp³-hybridized carbons (Fsp3) is 1.00. The van der Waals surface area contributed by atoms with Crippen LogP contribution >= 0.6 is 0 Å². The zero-order chi connectivity index (χ0) is 11.6. The second-order valence-corrected chi connectivity index (χ2v) is 3.72. The lowest BCUT2D eigenvalue weighted by Gasteiger charge is -2.11. The summed E-state index contributed by atoms with van der Waals surface area (Å²) < 4.78 is 21.5. The molecule has 96 valence electrons. The average Bonchev–Trinajstić information content (AvgIpc) is 2.72. The number of rotatable bonds is 9. The topological polar surface area (TPSA) is 57.2 Å². The van der Waals surface area contributed by atoms with Gasteiger partial charge in [0, 0.05) is 0 Å². The Hall–Kier alpha value is -0.200. The van der Waals surface area contributed by atoms with Gasteiger partial charge in [-0.1, -0.05) is 13.3 Å². The predicted molar refractivity (Wildman–Crippen MR) is 58.2 cm³/mol. The van der Waals surface area contributed by atoms with Crippen molar-refractivity contribution >= 4 is 0 Å². The standard InChI is InChI=1S/C11H22O5/c1-2-3-11-15-9-10(16-11)8-14-7-6-13-5-4-12/h10-12H,2-9H2,1H3. The van der Waals surface area contributed by atoms with Gasteiger partial charge in [-0.2, -0.15) is 0 Å². The summed E-state index contributed by atoms with van der Waals surface area (Å²) in [5.41, 5.74) is 0. The molecule has 0 amide bonds. The summed E-state index contributed by atoms with van der Waals surface area (Å²) in [6.07, 6.45) is 2.00. The van der Waals surface area contributed by atoms with E-state index < -0.39 is 0 Å². The molecule has 0 saturated carbocycles. The van der Waals surface area contributed by atoms with Crippen molar-refractivity contribution in [2.45, 2.75) is 32.2 Å². The molecule has 0 radical (unpaired) electrons. The van der Waals surface area contributed by atoms with Crippen LogP contribution in [0, 0.1) is 0 Å². The lowest BCUT2D eigenvalue weighted by molar-refractivity contribution is -0.0779. The van der Waals surface area contributed by atoms with Gasteiger partial charge in [0.1, 0.15) is 6.10 Å². The SMILES string of the molecule is CCCC1OCC(COCCOCCO)O1. The van der Waals surface area contributed by atoms with Crippen LogP contribution in [0.2, 0.25) is 0 Å². The zero-order valence-electron chi connectivity index (χ0n) is 9.89. The Bertz CT molecular complexity index is 164. The minimum Gasteiger partial charge on any atom is -0.394 e. The van der Waals surface area contributed by atoms with Crippen LogP contribution in [0.4, 0.5) is 0 Å². The van der Waals surface area contributed by atoms with Crippen molar-refractivity contribution in [1.82, 2.24) is 0 Å². The molecule has 0 spiro atoms. The Morgan fingerprint density at radius 2 is 2.06 bits per heavy atom. The molecule has 1 saturated heterocycles. The average molecular weight is 234 g/mol. The molecule has 0 bridgehead atoms. The van der Waals surface area contributed by atoms with Gasteiger partial charge in [-0.05, 0) is 6.42 Å². The summed E-state index contributed by atoms with van der Waals surface area (Å²) in [5, 5.41) is 8.47. The third-order valence-corrected chi connectivity index (χ3v) is 2.25. The number of aliphatic hydroxyl groups excluding tert-OH is 1. The van der Waals surface area contributed by atoms with Gasteiger partial charge < -0.3 is 24.1 Å². The first-order valence-corrected chi connectivity index (χ1v) is 5.90. The van der Waals surface area contributed by atoms with Crippen LogP contribution in [-0.4, -0.2) is 57.1 Å². The van der Waals surface area contributed by atoms with E-state index in [2.05, 4.69) is 6.92 Å². The molecule has 5 nitrogen and oxygen atoms in total. The minimum absolute atomic E-state index is 0.0504. The predicted octanol–water partition coefficient (Wildman–Crippen LogP) is 0.553. The second kappa shape index (κ2) is 8.90. The maximum atomic E-state index is 8.47. The molecule has 1 heterocycles. The number of hydrogen-bond acceptors (Lipinski definition) is 5. The van der Waals surface area contributed by atoms with Gasteiger partial charge in [0.2, 0.25) is 0 Å². The molecule has 16 heavy (non-hydrogen) atoms. The molecular formula is C11H22O5. The van der Waals surface area contributed by atoms with E-state index in [-0.39, 0.29) is 19.0 Å². The third-order valence-electron chi connectivity index (χ3n) is 2.25. The Balaban J connectivity index is 1.90. The number of hydrogen-bond donors (Lipinski definition) is 1. The molecule has 0 aliphatic carbocycles. The van der Waals surface area contributed by atoms with Crippen molar-refractivity contribution in [3.63, 3.8) is 0 Å². The molecule has 2 unspecified atom stereocenters. The highest BCUT2D eigenvalue weighted by Gasteiger charge is 2.24. The third kappa shape index (κ3) is 5.77. The molecule has 5 heteroatoms. The van der Waals surface area contributed by atoms with E-state index in [0.29, 0.717) is 33.0 Å². The van der Waals surface area contributed by atoms with Gasteiger partial charge in [0.25, 0.3) is 0 Å². The zero-order valence-corrected chi connectivity index (χ0v) is 9.89. The summed E-state index contributed by atoms with van der Waals surface area (Å²) >= 11 is 0. The van der Waals surface area contributed by atoms with Gasteiger partial charge in [-0.15, -0.1) is 0 Å². The van der Waals surface area contributed by atoms with E-state index in [4.69, 9.17) is 24.1 Å².